The first kappa shape index (κ1) is 27.7. The molecule has 0 saturated heterocycles. The van der Waals surface area contributed by atoms with Gasteiger partial charge in [0.15, 0.2) is 0 Å². The number of aryl methyl sites for hydroxylation is 2. The second-order valence-corrected chi connectivity index (χ2v) is 10.9. The van der Waals surface area contributed by atoms with Gasteiger partial charge in [0.05, 0.1) is 22.3 Å². The zero-order valence-electron chi connectivity index (χ0n) is 21.4. The molecule has 202 valence electrons. The lowest BCUT2D eigenvalue weighted by Gasteiger charge is -2.19. The average Bonchev–Trinajstić information content (AvgIpc) is 3.06. The molecular weight excluding hydrogens is 546 g/mol. The van der Waals surface area contributed by atoms with Crippen LogP contribution in [0.2, 0.25) is 0 Å². The molecule has 0 bridgehead atoms. The molecule has 0 fully saturated rings. The molecule has 0 atom stereocenters. The minimum absolute atomic E-state index is 0.0217. The van der Waals surface area contributed by atoms with E-state index in [4.69, 9.17) is 16.3 Å². The fourth-order valence-corrected chi connectivity index (χ4v) is 4.92. The average molecular weight is 570 g/mol. The number of nitrogens with one attached hydrogen (secondary N) is 2. The monoisotopic (exact) mass is 569 g/mol. The van der Waals surface area contributed by atoms with E-state index in [1.165, 1.54) is 36.4 Å². The standard InChI is InChI=1S/C26H24ClN5O6S/c1-14(2)38-25(35)19-7-5-6-8-20(19)32-23(33)21(27)22(24(32)34)30-17-9-11-18(12-10-17)39(36,37)31-26-28-15(3)13-16(4)29-26/h5-14,30H,1-4H3,(H,28,29,31). The van der Waals surface area contributed by atoms with Crippen LogP contribution in [0, 0.1) is 13.8 Å². The SMILES string of the molecule is Cc1cc(C)nc(NS(=O)(=O)c2ccc(NC3=C(Cl)C(=O)N(c4ccccc4C(=O)OC(C)C)C3=O)cc2)n1. The summed E-state index contributed by atoms with van der Waals surface area (Å²) in [5, 5.41) is 2.38. The zero-order valence-corrected chi connectivity index (χ0v) is 22.9. The lowest BCUT2D eigenvalue weighted by Crippen LogP contribution is -2.33. The van der Waals surface area contributed by atoms with Crippen LogP contribution in [0.15, 0.2) is 70.2 Å². The van der Waals surface area contributed by atoms with Crippen molar-refractivity contribution in [1.82, 2.24) is 9.97 Å². The number of esters is 1. The molecule has 1 aliphatic heterocycles. The number of hydrogen-bond acceptors (Lipinski definition) is 9. The summed E-state index contributed by atoms with van der Waals surface area (Å²) >= 11 is 6.22. The Bertz CT molecular complexity index is 1600. The summed E-state index contributed by atoms with van der Waals surface area (Å²) in [6.45, 7) is 6.80. The third-order valence-corrected chi connectivity index (χ3v) is 7.07. The number of aromatic nitrogens is 2. The van der Waals surface area contributed by atoms with Crippen LogP contribution in [0.5, 0.6) is 0 Å². The van der Waals surface area contributed by atoms with Crippen LogP contribution in [0.1, 0.15) is 35.6 Å². The van der Waals surface area contributed by atoms with Gasteiger partial charge in [-0.2, -0.15) is 0 Å². The highest BCUT2D eigenvalue weighted by Gasteiger charge is 2.40. The summed E-state index contributed by atoms with van der Waals surface area (Å²) < 4.78 is 33.2. The fraction of sp³-hybridized carbons (Fsp3) is 0.192. The minimum atomic E-state index is -4.00. The van der Waals surface area contributed by atoms with Gasteiger partial charge in [0.25, 0.3) is 21.8 Å². The summed E-state index contributed by atoms with van der Waals surface area (Å²) in [5.74, 6) is -2.37. The van der Waals surface area contributed by atoms with Crippen molar-refractivity contribution in [2.24, 2.45) is 0 Å². The Morgan fingerprint density at radius 2 is 1.59 bits per heavy atom. The molecule has 39 heavy (non-hydrogen) atoms. The van der Waals surface area contributed by atoms with Crippen molar-refractivity contribution in [3.63, 3.8) is 0 Å². The Balaban J connectivity index is 1.55. The smallest absolute Gasteiger partial charge is 0.340 e. The Kier molecular flexibility index (Phi) is 7.70. The first-order chi connectivity index (χ1) is 18.4. The molecule has 0 aliphatic carbocycles. The van der Waals surface area contributed by atoms with Crippen molar-refractivity contribution in [1.29, 1.82) is 0 Å². The second-order valence-electron chi connectivity index (χ2n) is 8.84. The van der Waals surface area contributed by atoms with Crippen LogP contribution < -0.4 is 14.9 Å². The number of para-hydroxylation sites is 1. The molecule has 4 rings (SSSR count). The molecule has 13 heteroatoms. The first-order valence-corrected chi connectivity index (χ1v) is 13.5. The van der Waals surface area contributed by atoms with Crippen molar-refractivity contribution >= 4 is 56.7 Å². The van der Waals surface area contributed by atoms with Crippen molar-refractivity contribution in [2.45, 2.75) is 38.7 Å². The van der Waals surface area contributed by atoms with Crippen molar-refractivity contribution < 1.29 is 27.5 Å². The van der Waals surface area contributed by atoms with Crippen LogP contribution in [-0.4, -0.2) is 42.3 Å². The van der Waals surface area contributed by atoms with E-state index in [2.05, 4.69) is 20.0 Å². The number of sulfonamides is 1. The Morgan fingerprint density at radius 3 is 2.21 bits per heavy atom. The number of ether oxygens (including phenoxy) is 1. The van der Waals surface area contributed by atoms with E-state index < -0.39 is 38.9 Å². The molecule has 0 radical (unpaired) electrons. The van der Waals surface area contributed by atoms with Crippen LogP contribution in [0.4, 0.5) is 17.3 Å². The maximum atomic E-state index is 13.2. The van der Waals surface area contributed by atoms with Gasteiger partial charge in [-0.1, -0.05) is 23.7 Å². The fourth-order valence-electron chi connectivity index (χ4n) is 3.76. The highest BCUT2D eigenvalue weighted by Crippen LogP contribution is 2.33. The molecule has 2 aromatic carbocycles. The molecule has 11 nitrogen and oxygen atoms in total. The number of halogens is 1. The summed E-state index contributed by atoms with van der Waals surface area (Å²) in [4.78, 5) is 47.6. The van der Waals surface area contributed by atoms with E-state index in [0.29, 0.717) is 17.1 Å². The molecule has 1 aromatic heterocycles. The predicted octanol–water partition coefficient (Wildman–Crippen LogP) is 3.90. The van der Waals surface area contributed by atoms with E-state index in [1.807, 2.05) is 0 Å². The molecule has 2 heterocycles. The summed E-state index contributed by atoms with van der Waals surface area (Å²) in [6, 6.07) is 13.2. The number of amides is 2. The van der Waals surface area contributed by atoms with Gasteiger partial charge in [-0.25, -0.2) is 32.8 Å². The topological polar surface area (TPSA) is 148 Å². The van der Waals surface area contributed by atoms with Crippen LogP contribution in [0.3, 0.4) is 0 Å². The molecule has 2 N–H and O–H groups in total. The summed E-state index contributed by atoms with van der Waals surface area (Å²) in [6.07, 6.45) is -0.412. The highest BCUT2D eigenvalue weighted by atomic mass is 35.5. The quantitative estimate of drug-likeness (QED) is 0.304. The van der Waals surface area contributed by atoms with Gasteiger partial charge < -0.3 is 10.1 Å². The Hall–Kier alpha value is -4.29. The summed E-state index contributed by atoms with van der Waals surface area (Å²) in [5.41, 5.74) is 1.32. The zero-order chi connectivity index (χ0) is 28.5. The number of benzene rings is 2. The van der Waals surface area contributed by atoms with Crippen molar-refractivity contribution in [3.05, 3.63) is 82.3 Å². The number of hydrogen-bond donors (Lipinski definition) is 2. The van der Waals surface area contributed by atoms with Gasteiger partial charge in [-0.15, -0.1) is 0 Å². The molecule has 0 spiro atoms. The Morgan fingerprint density at radius 1 is 0.974 bits per heavy atom. The van der Waals surface area contributed by atoms with Crippen LogP contribution in [-0.2, 0) is 24.3 Å². The van der Waals surface area contributed by atoms with Crippen LogP contribution >= 0.6 is 11.6 Å². The van der Waals surface area contributed by atoms with E-state index in [9.17, 15) is 22.8 Å². The van der Waals surface area contributed by atoms with Gasteiger partial charge in [0, 0.05) is 17.1 Å². The van der Waals surface area contributed by atoms with Gasteiger partial charge in [0.1, 0.15) is 10.7 Å². The minimum Gasteiger partial charge on any atom is -0.459 e. The lowest BCUT2D eigenvalue weighted by atomic mass is 10.1. The maximum Gasteiger partial charge on any atom is 0.340 e. The van der Waals surface area contributed by atoms with Gasteiger partial charge in [0.2, 0.25) is 5.95 Å². The second kappa shape index (κ2) is 10.8. The van der Waals surface area contributed by atoms with E-state index in [1.54, 1.807) is 45.9 Å². The Labute approximate surface area is 229 Å². The first-order valence-electron chi connectivity index (χ1n) is 11.7. The molecular formula is C26H24ClN5O6S. The third-order valence-electron chi connectivity index (χ3n) is 5.38. The van der Waals surface area contributed by atoms with Crippen molar-refractivity contribution in [3.8, 4) is 0 Å². The molecule has 3 aromatic rings. The number of nitrogens with zero attached hydrogens (tertiary/aromatic N) is 3. The van der Waals surface area contributed by atoms with Gasteiger partial charge in [-0.05, 0) is 70.2 Å². The normalized spacial score (nSPS) is 13.7. The number of anilines is 3. The number of carbonyl (C=O) groups excluding carboxylic acids is 3. The third kappa shape index (κ3) is 5.91. The van der Waals surface area contributed by atoms with E-state index in [-0.39, 0.29) is 27.8 Å². The number of imide groups is 1. The molecule has 0 unspecified atom stereocenters. The van der Waals surface area contributed by atoms with Gasteiger partial charge >= 0.3 is 5.97 Å². The van der Waals surface area contributed by atoms with Gasteiger partial charge in [-0.3, -0.25) is 9.59 Å². The number of rotatable bonds is 8. The van der Waals surface area contributed by atoms with Crippen molar-refractivity contribution in [2.75, 3.05) is 14.9 Å². The van der Waals surface area contributed by atoms with E-state index >= 15 is 0 Å². The number of carbonyl (C=O) groups is 3. The highest BCUT2D eigenvalue weighted by molar-refractivity contribution is 7.92. The largest absolute Gasteiger partial charge is 0.459 e. The maximum absolute atomic E-state index is 13.2. The van der Waals surface area contributed by atoms with Crippen LogP contribution in [0.25, 0.3) is 0 Å². The molecule has 1 aliphatic rings. The predicted molar refractivity (Wildman–Crippen MR) is 145 cm³/mol. The summed E-state index contributed by atoms with van der Waals surface area (Å²) in [7, 11) is -4.00. The molecule has 2 amide bonds. The molecule has 0 saturated carbocycles. The lowest BCUT2D eigenvalue weighted by molar-refractivity contribution is -0.120. The van der Waals surface area contributed by atoms with E-state index in [0.717, 1.165) is 4.90 Å².